The highest BCUT2D eigenvalue weighted by Gasteiger charge is 2.09. The van der Waals surface area contributed by atoms with Crippen LogP contribution < -0.4 is 5.32 Å². The molecule has 2 N–H and O–H groups in total. The minimum absolute atomic E-state index is 0.0872. The number of benzene rings is 1. The summed E-state index contributed by atoms with van der Waals surface area (Å²) in [5.74, 6) is -0.0186. The Balaban J connectivity index is 2.55. The van der Waals surface area contributed by atoms with E-state index in [1.165, 1.54) is 6.07 Å². The molecule has 1 aromatic rings. The normalized spacial score (nSPS) is 12.7. The summed E-state index contributed by atoms with van der Waals surface area (Å²) in [7, 11) is 0. The van der Waals surface area contributed by atoms with Crippen molar-refractivity contribution in [1.82, 2.24) is 5.32 Å². The Morgan fingerprint density at radius 1 is 1.41 bits per heavy atom. The Hall–Kier alpha value is -0.650. The van der Waals surface area contributed by atoms with Crippen LogP contribution in [-0.4, -0.2) is 29.8 Å². The van der Waals surface area contributed by atoms with Gasteiger partial charge in [-0.3, -0.25) is 0 Å². The summed E-state index contributed by atoms with van der Waals surface area (Å²) < 4.78 is 26.3. The first-order chi connectivity index (χ1) is 8.17. The molecule has 0 aliphatic carbocycles. The molecule has 5 heteroatoms. The van der Waals surface area contributed by atoms with Gasteiger partial charge in [-0.05, 0) is 30.9 Å². The molecule has 0 aliphatic rings. The lowest BCUT2D eigenvalue weighted by molar-refractivity contribution is 0.269. The number of hydrogen-bond donors (Lipinski definition) is 2. The number of aliphatic hydroxyl groups excluding tert-OH is 1. The minimum atomic E-state index is -0.438. The fourth-order valence-corrected chi connectivity index (χ4v) is 2.22. The van der Waals surface area contributed by atoms with Crippen LogP contribution in [0.4, 0.5) is 8.78 Å². The van der Waals surface area contributed by atoms with Gasteiger partial charge in [-0.15, -0.1) is 0 Å². The van der Waals surface area contributed by atoms with Gasteiger partial charge in [0.1, 0.15) is 11.6 Å². The predicted molar refractivity (Wildman–Crippen MR) is 67.1 cm³/mol. The average Bonchev–Trinajstić information content (AvgIpc) is 2.30. The van der Waals surface area contributed by atoms with E-state index in [4.69, 9.17) is 5.11 Å². The molecule has 0 fully saturated rings. The maximum absolute atomic E-state index is 13.3. The van der Waals surface area contributed by atoms with E-state index in [2.05, 4.69) is 5.32 Å². The highest BCUT2D eigenvalue weighted by molar-refractivity contribution is 7.98. The summed E-state index contributed by atoms with van der Waals surface area (Å²) in [5, 5.41) is 12.0. The number of nitrogens with one attached hydrogen (secondary N) is 1. The highest BCUT2D eigenvalue weighted by atomic mass is 32.2. The first kappa shape index (κ1) is 14.4. The van der Waals surface area contributed by atoms with Gasteiger partial charge in [-0.1, -0.05) is 0 Å². The second-order valence-electron chi connectivity index (χ2n) is 3.78. The number of aliphatic hydroxyl groups is 1. The van der Waals surface area contributed by atoms with Crippen molar-refractivity contribution in [2.75, 3.05) is 18.6 Å². The molecule has 0 spiro atoms. The van der Waals surface area contributed by atoms with Gasteiger partial charge in [0.05, 0.1) is 0 Å². The molecule has 1 unspecified atom stereocenters. The smallest absolute Gasteiger partial charge is 0.127 e. The Morgan fingerprint density at radius 3 is 2.82 bits per heavy atom. The molecule has 0 saturated heterocycles. The monoisotopic (exact) mass is 261 g/mol. The van der Waals surface area contributed by atoms with E-state index in [1.54, 1.807) is 11.8 Å². The molecule has 0 bridgehead atoms. The van der Waals surface area contributed by atoms with Crippen molar-refractivity contribution in [2.24, 2.45) is 0 Å². The molecule has 0 aromatic heterocycles. The van der Waals surface area contributed by atoms with Gasteiger partial charge < -0.3 is 10.4 Å². The molecule has 0 saturated carbocycles. The van der Waals surface area contributed by atoms with Gasteiger partial charge in [0.2, 0.25) is 0 Å². The zero-order valence-corrected chi connectivity index (χ0v) is 10.6. The van der Waals surface area contributed by atoms with Crippen LogP contribution in [-0.2, 0) is 6.54 Å². The molecule has 1 rings (SSSR count). The maximum atomic E-state index is 13.3. The molecule has 0 amide bonds. The Kier molecular flexibility index (Phi) is 6.47. The summed E-state index contributed by atoms with van der Waals surface area (Å²) in [6.07, 6.45) is 2.58. The first-order valence-electron chi connectivity index (χ1n) is 5.44. The van der Waals surface area contributed by atoms with E-state index in [0.29, 0.717) is 12.0 Å². The Morgan fingerprint density at radius 2 is 2.18 bits per heavy atom. The number of halogens is 2. The van der Waals surface area contributed by atoms with E-state index in [-0.39, 0.29) is 19.2 Å². The average molecular weight is 261 g/mol. The van der Waals surface area contributed by atoms with E-state index < -0.39 is 11.6 Å². The number of hydrogen-bond acceptors (Lipinski definition) is 3. The van der Waals surface area contributed by atoms with Crippen molar-refractivity contribution in [3.8, 4) is 0 Å². The third-order valence-corrected chi connectivity index (χ3v) is 3.17. The molecular formula is C12H17F2NOS. The fourth-order valence-electron chi connectivity index (χ4n) is 1.53. The van der Waals surface area contributed by atoms with Crippen LogP contribution in [0.3, 0.4) is 0 Å². The van der Waals surface area contributed by atoms with Crippen LogP contribution in [0.25, 0.3) is 0 Å². The van der Waals surface area contributed by atoms with Crippen LogP contribution in [0.15, 0.2) is 18.2 Å². The molecule has 1 aromatic carbocycles. The SMILES string of the molecule is CSCC(CCO)NCc1cc(F)ccc1F. The number of thioether (sulfide) groups is 1. The van der Waals surface area contributed by atoms with Crippen LogP contribution in [0, 0.1) is 11.6 Å². The largest absolute Gasteiger partial charge is 0.396 e. The second-order valence-corrected chi connectivity index (χ2v) is 4.69. The molecule has 0 aliphatic heterocycles. The second kappa shape index (κ2) is 7.63. The van der Waals surface area contributed by atoms with Crippen molar-refractivity contribution in [2.45, 2.75) is 19.0 Å². The zero-order valence-electron chi connectivity index (χ0n) is 9.75. The molecule has 1 atom stereocenters. The fraction of sp³-hybridized carbons (Fsp3) is 0.500. The standard InChI is InChI=1S/C12H17F2NOS/c1-17-8-11(4-5-16)15-7-9-6-10(13)2-3-12(9)14/h2-3,6,11,15-16H,4-5,7-8H2,1H3. The Labute approximate surface area is 104 Å². The van der Waals surface area contributed by atoms with Crippen molar-refractivity contribution in [3.05, 3.63) is 35.4 Å². The lowest BCUT2D eigenvalue weighted by Crippen LogP contribution is -2.32. The van der Waals surface area contributed by atoms with E-state index in [0.717, 1.165) is 17.9 Å². The van der Waals surface area contributed by atoms with Gasteiger partial charge in [-0.2, -0.15) is 11.8 Å². The molecule has 0 heterocycles. The summed E-state index contributed by atoms with van der Waals surface area (Å²) in [5.41, 5.74) is 0.314. The van der Waals surface area contributed by atoms with Crippen molar-refractivity contribution < 1.29 is 13.9 Å². The quantitative estimate of drug-likeness (QED) is 0.789. The van der Waals surface area contributed by atoms with Gasteiger partial charge in [0, 0.05) is 30.5 Å². The lowest BCUT2D eigenvalue weighted by Gasteiger charge is -2.16. The van der Waals surface area contributed by atoms with Crippen LogP contribution in [0.2, 0.25) is 0 Å². The van der Waals surface area contributed by atoms with Gasteiger partial charge in [0.15, 0.2) is 0 Å². The van der Waals surface area contributed by atoms with Gasteiger partial charge in [-0.25, -0.2) is 8.78 Å². The molecule has 2 nitrogen and oxygen atoms in total. The first-order valence-corrected chi connectivity index (χ1v) is 6.84. The topological polar surface area (TPSA) is 32.3 Å². The molecule has 17 heavy (non-hydrogen) atoms. The van der Waals surface area contributed by atoms with Crippen LogP contribution in [0.5, 0.6) is 0 Å². The summed E-state index contributed by atoms with van der Waals surface area (Å²) in [4.78, 5) is 0. The summed E-state index contributed by atoms with van der Waals surface area (Å²) in [6.45, 7) is 0.360. The maximum Gasteiger partial charge on any atom is 0.127 e. The predicted octanol–water partition coefficient (Wildman–Crippen LogP) is 2.17. The molecular weight excluding hydrogens is 244 g/mol. The van der Waals surface area contributed by atoms with Gasteiger partial charge >= 0.3 is 0 Å². The summed E-state index contributed by atoms with van der Waals surface area (Å²) >= 11 is 1.65. The molecule has 96 valence electrons. The van der Waals surface area contributed by atoms with E-state index >= 15 is 0 Å². The van der Waals surface area contributed by atoms with Crippen molar-refractivity contribution >= 4 is 11.8 Å². The van der Waals surface area contributed by atoms with Crippen molar-refractivity contribution in [1.29, 1.82) is 0 Å². The van der Waals surface area contributed by atoms with E-state index in [1.807, 2.05) is 6.26 Å². The van der Waals surface area contributed by atoms with Gasteiger partial charge in [0.25, 0.3) is 0 Å². The minimum Gasteiger partial charge on any atom is -0.396 e. The van der Waals surface area contributed by atoms with E-state index in [9.17, 15) is 8.78 Å². The zero-order chi connectivity index (χ0) is 12.7. The third kappa shape index (κ3) is 5.02. The van der Waals surface area contributed by atoms with Crippen molar-refractivity contribution in [3.63, 3.8) is 0 Å². The third-order valence-electron chi connectivity index (χ3n) is 2.43. The number of rotatable bonds is 7. The molecule has 0 radical (unpaired) electrons. The lowest BCUT2D eigenvalue weighted by atomic mass is 10.2. The van der Waals surface area contributed by atoms with Crippen LogP contribution >= 0.6 is 11.8 Å². The van der Waals surface area contributed by atoms with Crippen LogP contribution in [0.1, 0.15) is 12.0 Å². The highest BCUT2D eigenvalue weighted by Crippen LogP contribution is 2.10. The Bertz CT molecular complexity index is 343. The summed E-state index contributed by atoms with van der Waals surface area (Å²) in [6, 6.07) is 3.53.